The minimum absolute atomic E-state index is 0.0552. The van der Waals surface area contributed by atoms with Crippen LogP contribution in [0, 0.1) is 0 Å². The fourth-order valence-electron chi connectivity index (χ4n) is 1.64. The summed E-state index contributed by atoms with van der Waals surface area (Å²) >= 11 is 3.43. The van der Waals surface area contributed by atoms with Gasteiger partial charge >= 0.3 is 6.09 Å². The van der Waals surface area contributed by atoms with Gasteiger partial charge in [0.05, 0.1) is 10.6 Å². The third-order valence-corrected chi connectivity index (χ3v) is 6.72. The SMILES string of the molecule is CC(C)(C)NC(=O)OCC(NNS(=O)(=O)CN)C1SCCCS1. The molecule has 1 atom stereocenters. The van der Waals surface area contributed by atoms with E-state index in [4.69, 9.17) is 10.5 Å². The summed E-state index contributed by atoms with van der Waals surface area (Å²) in [5, 5.41) is 2.70. The van der Waals surface area contributed by atoms with E-state index < -0.39 is 27.5 Å². The van der Waals surface area contributed by atoms with Gasteiger partial charge in [-0.15, -0.1) is 28.4 Å². The van der Waals surface area contributed by atoms with Crippen molar-refractivity contribution in [1.29, 1.82) is 0 Å². The Morgan fingerprint density at radius 1 is 1.35 bits per heavy atom. The highest BCUT2D eigenvalue weighted by Gasteiger charge is 2.27. The van der Waals surface area contributed by atoms with Gasteiger partial charge in [0.2, 0.25) is 10.0 Å². The Morgan fingerprint density at radius 3 is 2.48 bits per heavy atom. The lowest BCUT2D eigenvalue weighted by atomic mass is 10.1. The van der Waals surface area contributed by atoms with Crippen LogP contribution in [0.1, 0.15) is 27.2 Å². The Bertz CT molecular complexity index is 475. The average molecular weight is 387 g/mol. The second kappa shape index (κ2) is 9.33. The van der Waals surface area contributed by atoms with Crippen LogP contribution in [0.4, 0.5) is 4.79 Å². The first-order valence-electron chi connectivity index (χ1n) is 7.26. The topological polar surface area (TPSA) is 123 Å². The van der Waals surface area contributed by atoms with E-state index in [-0.39, 0.29) is 17.2 Å². The summed E-state index contributed by atoms with van der Waals surface area (Å²) in [4.78, 5) is 14.0. The van der Waals surface area contributed by atoms with Gasteiger partial charge in [-0.25, -0.2) is 18.6 Å². The molecule has 1 amide bonds. The predicted octanol–water partition coefficient (Wildman–Crippen LogP) is 0.416. The Hall–Kier alpha value is -0.200. The third kappa shape index (κ3) is 9.01. The molecule has 1 unspecified atom stereocenters. The van der Waals surface area contributed by atoms with E-state index in [2.05, 4.69) is 15.6 Å². The molecule has 8 nitrogen and oxygen atoms in total. The standard InChI is InChI=1S/C12H26N4O4S3/c1-12(2,3)14-11(17)20-7-9(10-21-5-4-6-22-10)15-16-23(18,19)8-13/h9-10,15-16H,4-8,13H2,1-3H3,(H,14,17). The Kier molecular flexibility index (Phi) is 8.45. The highest BCUT2D eigenvalue weighted by molar-refractivity contribution is 8.17. The van der Waals surface area contributed by atoms with Crippen LogP contribution in [-0.4, -0.2) is 54.7 Å². The summed E-state index contributed by atoms with van der Waals surface area (Å²) in [6, 6.07) is -0.350. The van der Waals surface area contributed by atoms with E-state index in [1.165, 1.54) is 0 Å². The van der Waals surface area contributed by atoms with Crippen molar-refractivity contribution in [2.75, 3.05) is 24.0 Å². The lowest BCUT2D eigenvalue weighted by Crippen LogP contribution is -2.53. The quantitative estimate of drug-likeness (QED) is 0.464. The number of ether oxygens (including phenoxy) is 1. The Labute approximate surface area is 146 Å². The second-order valence-corrected chi connectivity index (χ2v) is 10.6. The van der Waals surface area contributed by atoms with Crippen molar-refractivity contribution in [1.82, 2.24) is 15.6 Å². The number of amides is 1. The molecular weight excluding hydrogens is 360 g/mol. The van der Waals surface area contributed by atoms with E-state index in [0.29, 0.717) is 0 Å². The minimum atomic E-state index is -3.58. The molecule has 1 fully saturated rings. The summed E-state index contributed by atoms with van der Waals surface area (Å²) in [5.74, 6) is 1.48. The van der Waals surface area contributed by atoms with Gasteiger partial charge < -0.3 is 15.8 Å². The maximum absolute atomic E-state index is 11.8. The molecule has 1 aliphatic heterocycles. The zero-order chi connectivity index (χ0) is 17.5. The van der Waals surface area contributed by atoms with Gasteiger partial charge in [-0.05, 0) is 38.7 Å². The maximum atomic E-state index is 11.8. The van der Waals surface area contributed by atoms with E-state index in [1.807, 2.05) is 20.8 Å². The molecule has 0 spiro atoms. The van der Waals surface area contributed by atoms with Crippen molar-refractivity contribution < 1.29 is 17.9 Å². The Balaban J connectivity index is 2.58. The van der Waals surface area contributed by atoms with E-state index in [1.54, 1.807) is 23.5 Å². The van der Waals surface area contributed by atoms with Crippen molar-refractivity contribution in [2.45, 2.75) is 43.4 Å². The van der Waals surface area contributed by atoms with Crippen LogP contribution in [0.2, 0.25) is 0 Å². The molecule has 1 aliphatic rings. The molecule has 0 aromatic rings. The first kappa shape index (κ1) is 20.8. The molecule has 11 heteroatoms. The zero-order valence-corrected chi connectivity index (χ0v) is 16.1. The lowest BCUT2D eigenvalue weighted by Gasteiger charge is -2.30. The van der Waals surface area contributed by atoms with Crippen molar-refractivity contribution in [3.63, 3.8) is 0 Å². The molecule has 5 N–H and O–H groups in total. The van der Waals surface area contributed by atoms with Crippen molar-refractivity contribution in [3.8, 4) is 0 Å². The lowest BCUT2D eigenvalue weighted by molar-refractivity contribution is 0.127. The third-order valence-electron chi connectivity index (χ3n) is 2.67. The average Bonchev–Trinajstić information content (AvgIpc) is 2.46. The molecule has 0 aromatic heterocycles. The predicted molar refractivity (Wildman–Crippen MR) is 95.6 cm³/mol. The van der Waals surface area contributed by atoms with Crippen LogP contribution in [0.25, 0.3) is 0 Å². The molecule has 0 aromatic carbocycles. The summed E-state index contributed by atoms with van der Waals surface area (Å²) in [7, 11) is -3.58. The first-order chi connectivity index (χ1) is 10.6. The summed E-state index contributed by atoms with van der Waals surface area (Å²) in [5.41, 5.74) is 7.51. The molecule has 1 saturated heterocycles. The number of hydrogen-bond donors (Lipinski definition) is 4. The molecule has 0 radical (unpaired) electrons. The van der Waals surface area contributed by atoms with Gasteiger partial charge in [0.15, 0.2) is 0 Å². The molecule has 1 rings (SSSR count). The first-order valence-corrected chi connectivity index (χ1v) is 11.0. The maximum Gasteiger partial charge on any atom is 0.407 e. The molecule has 23 heavy (non-hydrogen) atoms. The molecule has 136 valence electrons. The number of carbonyl (C=O) groups excluding carboxylic acids is 1. The molecule has 1 heterocycles. The van der Waals surface area contributed by atoms with Crippen LogP contribution < -0.4 is 21.3 Å². The van der Waals surface area contributed by atoms with Gasteiger partial charge in [-0.3, -0.25) is 0 Å². The van der Waals surface area contributed by atoms with E-state index in [9.17, 15) is 13.2 Å². The fourth-order valence-corrected chi connectivity index (χ4v) is 5.05. The summed E-state index contributed by atoms with van der Waals surface area (Å²) in [6.45, 7) is 5.62. The van der Waals surface area contributed by atoms with E-state index in [0.717, 1.165) is 17.9 Å². The molecule has 0 bridgehead atoms. The van der Waals surface area contributed by atoms with E-state index >= 15 is 0 Å². The van der Waals surface area contributed by atoms with Crippen molar-refractivity contribution in [2.24, 2.45) is 5.73 Å². The van der Waals surface area contributed by atoms with Crippen molar-refractivity contribution >= 4 is 39.6 Å². The van der Waals surface area contributed by atoms with Gasteiger partial charge in [0, 0.05) is 5.54 Å². The number of hydrogen-bond acceptors (Lipinski definition) is 8. The van der Waals surface area contributed by atoms with Gasteiger partial charge in [0.25, 0.3) is 0 Å². The number of alkyl carbamates (subject to hydrolysis) is 1. The number of nitrogens with one attached hydrogen (secondary N) is 3. The number of hydrazine groups is 1. The van der Waals surface area contributed by atoms with Crippen LogP contribution in [0.3, 0.4) is 0 Å². The molecule has 0 aliphatic carbocycles. The summed E-state index contributed by atoms with van der Waals surface area (Å²) < 4.78 is 28.3. The van der Waals surface area contributed by atoms with Gasteiger partial charge in [-0.2, -0.15) is 0 Å². The minimum Gasteiger partial charge on any atom is -0.448 e. The number of rotatable bonds is 7. The zero-order valence-electron chi connectivity index (χ0n) is 13.6. The number of nitrogens with two attached hydrogens (primary N) is 1. The van der Waals surface area contributed by atoms with Gasteiger partial charge in [0.1, 0.15) is 12.5 Å². The largest absolute Gasteiger partial charge is 0.448 e. The highest BCUT2D eigenvalue weighted by Crippen LogP contribution is 2.33. The smallest absolute Gasteiger partial charge is 0.407 e. The number of sulfonamides is 1. The summed E-state index contributed by atoms with van der Waals surface area (Å²) in [6.07, 6.45) is 0.579. The molecular formula is C12H26N4O4S3. The van der Waals surface area contributed by atoms with Crippen LogP contribution in [-0.2, 0) is 14.8 Å². The highest BCUT2D eigenvalue weighted by atomic mass is 32.2. The monoisotopic (exact) mass is 386 g/mol. The fraction of sp³-hybridized carbons (Fsp3) is 0.917. The Morgan fingerprint density at radius 2 is 1.96 bits per heavy atom. The van der Waals surface area contributed by atoms with Crippen LogP contribution in [0.5, 0.6) is 0 Å². The molecule has 0 saturated carbocycles. The van der Waals surface area contributed by atoms with Crippen LogP contribution in [0.15, 0.2) is 0 Å². The number of carbonyl (C=O) groups is 1. The normalized spacial score (nSPS) is 18.4. The van der Waals surface area contributed by atoms with Crippen LogP contribution >= 0.6 is 23.5 Å². The van der Waals surface area contributed by atoms with Crippen molar-refractivity contribution in [3.05, 3.63) is 0 Å². The van der Waals surface area contributed by atoms with Gasteiger partial charge in [-0.1, -0.05) is 0 Å². The second-order valence-electron chi connectivity index (χ2n) is 6.07. The number of thioether (sulfide) groups is 2.